The van der Waals surface area contributed by atoms with E-state index in [1.165, 1.54) is 48.3 Å². The first-order valence-corrected chi connectivity index (χ1v) is 11.8. The van der Waals surface area contributed by atoms with Crippen LogP contribution in [0.4, 0.5) is 5.69 Å². The van der Waals surface area contributed by atoms with E-state index in [1.54, 1.807) is 0 Å². The molecule has 0 radical (unpaired) electrons. The number of hydrogen-bond acceptors (Lipinski definition) is 5. The van der Waals surface area contributed by atoms with Gasteiger partial charge in [0.15, 0.2) is 0 Å². The first-order valence-electron chi connectivity index (χ1n) is 11.0. The predicted molar refractivity (Wildman–Crippen MR) is 126 cm³/mol. The Morgan fingerprint density at radius 1 is 1.29 bits per heavy atom. The van der Waals surface area contributed by atoms with E-state index >= 15 is 0 Å². The minimum absolute atomic E-state index is 0.263. The fourth-order valence-electron chi connectivity index (χ4n) is 4.50. The van der Waals surface area contributed by atoms with E-state index in [9.17, 15) is 4.79 Å². The smallest absolute Gasteiger partial charge is 0.233 e. The van der Waals surface area contributed by atoms with Crippen LogP contribution in [-0.2, 0) is 11.2 Å². The summed E-state index contributed by atoms with van der Waals surface area (Å²) in [6.45, 7) is 1.83. The number of hydrogen-bond donors (Lipinski definition) is 2. The Balaban J connectivity index is 1.29. The van der Waals surface area contributed by atoms with Gasteiger partial charge in [-0.1, -0.05) is 37.1 Å². The van der Waals surface area contributed by atoms with Crippen LogP contribution in [0, 0.1) is 0 Å². The Kier molecular flexibility index (Phi) is 5.78. The Hall–Kier alpha value is -2.64. The number of benzene rings is 1. The molecule has 160 valence electrons. The highest BCUT2D eigenvalue weighted by atomic mass is 32.2. The zero-order valence-corrected chi connectivity index (χ0v) is 18.5. The summed E-state index contributed by atoms with van der Waals surface area (Å²) in [6, 6.07) is 11.3. The fraction of sp³-hybridized carbons (Fsp3) is 0.375. The maximum Gasteiger partial charge on any atom is 0.233 e. The maximum absolute atomic E-state index is 10.6. The lowest BCUT2D eigenvalue weighted by atomic mass is 9.96. The second kappa shape index (κ2) is 8.85. The molecule has 1 aromatic carbocycles. The van der Waals surface area contributed by atoms with Crippen molar-refractivity contribution < 1.29 is 4.79 Å². The normalized spacial score (nSPS) is 19.4. The molecule has 1 fully saturated rings. The Bertz CT molecular complexity index is 1130. The van der Waals surface area contributed by atoms with Gasteiger partial charge in [-0.3, -0.25) is 10.1 Å². The first kappa shape index (κ1) is 20.3. The Morgan fingerprint density at radius 2 is 2.16 bits per heavy atom. The summed E-state index contributed by atoms with van der Waals surface area (Å²) >= 11 is 1.88. The average molecular weight is 434 g/mol. The van der Waals surface area contributed by atoms with E-state index in [2.05, 4.69) is 43.2 Å². The highest BCUT2D eigenvalue weighted by molar-refractivity contribution is 8.00. The summed E-state index contributed by atoms with van der Waals surface area (Å²) in [7, 11) is 0. The van der Waals surface area contributed by atoms with E-state index in [-0.39, 0.29) is 5.50 Å². The largest absolute Gasteiger partial charge is 0.360 e. The summed E-state index contributed by atoms with van der Waals surface area (Å²) in [5.74, 6) is 0. The second-order valence-electron chi connectivity index (χ2n) is 8.36. The van der Waals surface area contributed by atoms with Gasteiger partial charge in [-0.05, 0) is 49.6 Å². The number of aliphatic imine (C=N–C) groups is 1. The molecule has 1 aliphatic heterocycles. The average Bonchev–Trinajstić information content (AvgIpc) is 3.37. The van der Waals surface area contributed by atoms with Crippen molar-refractivity contribution in [3.05, 3.63) is 59.5 Å². The standard InChI is InChI=1S/C24H27N5OS/c1-16(26-15-30)18-9-10-29-20(14-25-23(29)13-18)11-17-7-8-21-22(12-17)31-24(28-21)27-19-5-3-2-4-6-19/h7-10,12-15,19,24,27-28H,2-6,11H2,1H3. The van der Waals surface area contributed by atoms with E-state index < -0.39 is 0 Å². The minimum Gasteiger partial charge on any atom is -0.360 e. The van der Waals surface area contributed by atoms with Gasteiger partial charge in [-0.2, -0.15) is 0 Å². The minimum atomic E-state index is 0.263. The second-order valence-corrected chi connectivity index (χ2v) is 9.51. The van der Waals surface area contributed by atoms with Gasteiger partial charge in [0.2, 0.25) is 6.41 Å². The summed E-state index contributed by atoms with van der Waals surface area (Å²) in [6.07, 6.45) is 12.0. The quantitative estimate of drug-likeness (QED) is 0.439. The third-order valence-electron chi connectivity index (χ3n) is 6.21. The number of nitrogens with one attached hydrogen (secondary N) is 2. The number of rotatable bonds is 6. The van der Waals surface area contributed by atoms with Crippen molar-refractivity contribution in [1.29, 1.82) is 0 Å². The van der Waals surface area contributed by atoms with Crippen molar-refractivity contribution in [2.45, 2.75) is 61.9 Å². The molecule has 6 nitrogen and oxygen atoms in total. The lowest BCUT2D eigenvalue weighted by molar-refractivity contribution is -0.106. The number of pyridine rings is 1. The monoisotopic (exact) mass is 433 g/mol. The SMILES string of the molecule is CC(=NC=O)c1ccn2c(Cc3ccc4c(c3)SC(NC3CCCCC3)N4)cnc2c1. The number of aromatic nitrogens is 2. The molecular formula is C24H27N5OS. The van der Waals surface area contributed by atoms with Crippen LogP contribution >= 0.6 is 11.8 Å². The topological polar surface area (TPSA) is 70.8 Å². The van der Waals surface area contributed by atoms with Gasteiger partial charge in [-0.25, -0.2) is 9.98 Å². The van der Waals surface area contributed by atoms with Crippen LogP contribution in [-0.4, -0.2) is 33.0 Å². The van der Waals surface area contributed by atoms with Crippen molar-refractivity contribution in [3.8, 4) is 0 Å². The van der Waals surface area contributed by atoms with Crippen molar-refractivity contribution in [2.24, 2.45) is 4.99 Å². The van der Waals surface area contributed by atoms with Crippen molar-refractivity contribution >= 4 is 35.2 Å². The van der Waals surface area contributed by atoms with Gasteiger partial charge in [-0.15, -0.1) is 0 Å². The van der Waals surface area contributed by atoms with Gasteiger partial charge in [0.1, 0.15) is 11.1 Å². The zero-order chi connectivity index (χ0) is 21.2. The van der Waals surface area contributed by atoms with Gasteiger partial charge in [0.05, 0.1) is 0 Å². The third-order valence-corrected chi connectivity index (χ3v) is 7.29. The van der Waals surface area contributed by atoms with Crippen molar-refractivity contribution in [1.82, 2.24) is 14.7 Å². The number of fused-ring (bicyclic) bond motifs is 2. The van der Waals surface area contributed by atoms with Crippen molar-refractivity contribution in [3.63, 3.8) is 0 Å². The molecule has 5 rings (SSSR count). The number of carbonyl (C=O) groups excluding carboxylic acids is 1. The lowest BCUT2D eigenvalue weighted by Crippen LogP contribution is -2.40. The molecule has 3 aromatic rings. The summed E-state index contributed by atoms with van der Waals surface area (Å²) in [5, 5.41) is 7.41. The number of amides is 1. The number of thioether (sulfide) groups is 1. The molecule has 1 unspecified atom stereocenters. The summed E-state index contributed by atoms with van der Waals surface area (Å²) in [4.78, 5) is 20.3. The van der Waals surface area contributed by atoms with Crippen LogP contribution in [0.15, 0.2) is 52.6 Å². The maximum atomic E-state index is 10.6. The molecule has 1 atom stereocenters. The van der Waals surface area contributed by atoms with Gasteiger partial charge in [0.25, 0.3) is 0 Å². The number of nitrogens with zero attached hydrogens (tertiary/aromatic N) is 3. The lowest BCUT2D eigenvalue weighted by Gasteiger charge is -2.26. The number of imidazole rings is 1. The Morgan fingerprint density at radius 3 is 3.00 bits per heavy atom. The zero-order valence-electron chi connectivity index (χ0n) is 17.7. The molecule has 1 saturated carbocycles. The van der Waals surface area contributed by atoms with Crippen molar-refractivity contribution in [2.75, 3.05) is 5.32 Å². The molecule has 0 saturated heterocycles. The number of carbonyl (C=O) groups is 1. The number of anilines is 1. The molecule has 1 amide bonds. The molecule has 2 aromatic heterocycles. The molecule has 2 aliphatic rings. The van der Waals surface area contributed by atoms with Crippen LogP contribution in [0.2, 0.25) is 0 Å². The van der Waals surface area contributed by atoms with Gasteiger partial charge >= 0.3 is 0 Å². The van der Waals surface area contributed by atoms with Crippen LogP contribution in [0.3, 0.4) is 0 Å². The molecule has 2 N–H and O–H groups in total. The molecule has 0 spiro atoms. The molecule has 3 heterocycles. The van der Waals surface area contributed by atoms with Crippen LogP contribution in [0.1, 0.15) is 55.8 Å². The van der Waals surface area contributed by atoms with E-state index in [0.717, 1.165) is 23.3 Å². The van der Waals surface area contributed by atoms with Gasteiger partial charge < -0.3 is 9.72 Å². The summed E-state index contributed by atoms with van der Waals surface area (Å²) < 4.78 is 2.10. The van der Waals surface area contributed by atoms with E-state index in [4.69, 9.17) is 0 Å². The first-order chi connectivity index (χ1) is 15.2. The highest BCUT2D eigenvalue weighted by Gasteiger charge is 2.25. The predicted octanol–water partition coefficient (Wildman–Crippen LogP) is 4.61. The Labute approximate surface area is 186 Å². The molecule has 0 bridgehead atoms. The highest BCUT2D eigenvalue weighted by Crippen LogP contribution is 2.39. The van der Waals surface area contributed by atoms with E-state index in [1.807, 2.05) is 43.2 Å². The summed E-state index contributed by atoms with van der Waals surface area (Å²) in [5.41, 5.74) is 6.36. The van der Waals surface area contributed by atoms with Crippen LogP contribution in [0.5, 0.6) is 0 Å². The molecule has 1 aliphatic carbocycles. The van der Waals surface area contributed by atoms with Gasteiger partial charge in [0, 0.05) is 52.4 Å². The third kappa shape index (κ3) is 4.38. The van der Waals surface area contributed by atoms with E-state index in [0.29, 0.717) is 18.2 Å². The molecular weight excluding hydrogens is 406 g/mol. The van der Waals surface area contributed by atoms with Crippen LogP contribution < -0.4 is 10.6 Å². The molecule has 7 heteroatoms. The van der Waals surface area contributed by atoms with Crippen LogP contribution in [0.25, 0.3) is 5.65 Å². The fourth-order valence-corrected chi connectivity index (χ4v) is 5.68. The molecule has 31 heavy (non-hydrogen) atoms.